The highest BCUT2D eigenvalue weighted by Gasteiger charge is 2.37. The number of ether oxygens (including phenoxy) is 2. The number of nitrogens with zero attached hydrogens (tertiary/aromatic N) is 2. The molecule has 0 spiro atoms. The summed E-state index contributed by atoms with van der Waals surface area (Å²) in [5.74, 6) is -0.151. The first-order valence-corrected chi connectivity index (χ1v) is 13.3. The zero-order valence-electron chi connectivity index (χ0n) is 20.7. The molecule has 2 aliphatic rings. The molecule has 6 rings (SSSR count). The molecule has 38 heavy (non-hydrogen) atoms. The summed E-state index contributed by atoms with van der Waals surface area (Å²) in [5.41, 5.74) is 2.45. The lowest BCUT2D eigenvalue weighted by Gasteiger charge is -2.12. The number of aryl methyl sites for hydroxylation is 1. The van der Waals surface area contributed by atoms with Crippen LogP contribution in [0.1, 0.15) is 44.0 Å². The number of ketones is 1. The number of methoxy groups -OCH3 is 1. The number of thiophene rings is 1. The van der Waals surface area contributed by atoms with E-state index in [1.54, 1.807) is 37.4 Å². The number of carbonyl (C=O) groups excluding carboxylic acids is 2. The molecule has 192 valence electrons. The molecule has 0 bridgehead atoms. The smallest absolute Gasteiger partial charge is 0.259 e. The van der Waals surface area contributed by atoms with E-state index in [-0.39, 0.29) is 22.8 Å². The van der Waals surface area contributed by atoms with Crippen molar-refractivity contribution in [1.29, 1.82) is 0 Å². The van der Waals surface area contributed by atoms with Crippen LogP contribution in [-0.2, 0) is 17.6 Å². The van der Waals surface area contributed by atoms with Crippen molar-refractivity contribution in [2.45, 2.75) is 31.8 Å². The molecule has 8 nitrogen and oxygen atoms in total. The van der Waals surface area contributed by atoms with E-state index in [2.05, 4.69) is 15.5 Å². The summed E-state index contributed by atoms with van der Waals surface area (Å²) in [6, 6.07) is 15.9. The van der Waals surface area contributed by atoms with Gasteiger partial charge in [-0.2, -0.15) is 0 Å². The largest absolute Gasteiger partial charge is 0.505 e. The molecule has 0 radical (unpaired) electrons. The summed E-state index contributed by atoms with van der Waals surface area (Å²) in [6.45, 7) is 0.427. The number of nitrogens with one attached hydrogen (secondary N) is 1. The van der Waals surface area contributed by atoms with Gasteiger partial charge in [-0.1, -0.05) is 24.3 Å². The predicted octanol–water partition coefficient (Wildman–Crippen LogP) is 6.74. The normalized spacial score (nSPS) is 16.4. The molecule has 1 unspecified atom stereocenters. The second-order valence-electron chi connectivity index (χ2n) is 9.30. The first-order chi connectivity index (χ1) is 18.5. The van der Waals surface area contributed by atoms with Gasteiger partial charge in [0, 0.05) is 16.0 Å². The topological polar surface area (TPSA) is 113 Å². The van der Waals surface area contributed by atoms with Crippen LogP contribution in [0.3, 0.4) is 0 Å². The van der Waals surface area contributed by atoms with E-state index >= 15 is 0 Å². The van der Waals surface area contributed by atoms with E-state index in [1.165, 1.54) is 11.3 Å². The fourth-order valence-corrected chi connectivity index (χ4v) is 6.01. The number of anilines is 1. The van der Waals surface area contributed by atoms with Gasteiger partial charge in [-0.05, 0) is 67.0 Å². The third kappa shape index (κ3) is 4.55. The number of benzene rings is 3. The Morgan fingerprint density at radius 2 is 1.84 bits per heavy atom. The quantitative estimate of drug-likeness (QED) is 0.157. The van der Waals surface area contributed by atoms with E-state index in [0.29, 0.717) is 34.0 Å². The van der Waals surface area contributed by atoms with Crippen LogP contribution in [-0.4, -0.2) is 36.6 Å². The Labute approximate surface area is 222 Å². The van der Waals surface area contributed by atoms with Crippen LogP contribution in [0.5, 0.6) is 11.5 Å². The van der Waals surface area contributed by atoms with Gasteiger partial charge in [0.25, 0.3) is 5.91 Å². The number of hydrogen-bond acceptors (Lipinski definition) is 8. The molecular weight excluding hydrogens is 502 g/mol. The maximum absolute atomic E-state index is 13.2. The minimum Gasteiger partial charge on any atom is -0.505 e. The highest BCUT2D eigenvalue weighted by molar-refractivity contribution is 7.16. The van der Waals surface area contributed by atoms with Gasteiger partial charge in [-0.25, -0.2) is 0 Å². The molecule has 1 amide bonds. The lowest BCUT2D eigenvalue weighted by atomic mass is 9.93. The molecule has 2 heterocycles. The Morgan fingerprint density at radius 1 is 1.08 bits per heavy atom. The third-order valence-electron chi connectivity index (χ3n) is 6.85. The van der Waals surface area contributed by atoms with Crippen molar-refractivity contribution in [3.8, 4) is 11.5 Å². The molecule has 0 saturated carbocycles. The van der Waals surface area contributed by atoms with Crippen molar-refractivity contribution in [2.24, 2.45) is 10.2 Å². The van der Waals surface area contributed by atoms with Crippen molar-refractivity contribution in [3.63, 3.8) is 0 Å². The van der Waals surface area contributed by atoms with Gasteiger partial charge >= 0.3 is 0 Å². The van der Waals surface area contributed by atoms with Crippen LogP contribution in [0.25, 0.3) is 10.8 Å². The van der Waals surface area contributed by atoms with Crippen molar-refractivity contribution in [2.75, 3.05) is 19.0 Å². The van der Waals surface area contributed by atoms with E-state index in [0.717, 1.165) is 41.5 Å². The Kier molecular flexibility index (Phi) is 6.39. The predicted molar refractivity (Wildman–Crippen MR) is 146 cm³/mol. The maximum Gasteiger partial charge on any atom is 0.259 e. The molecule has 1 aromatic heterocycles. The minimum atomic E-state index is -0.483. The van der Waals surface area contributed by atoms with Crippen LogP contribution in [0, 0.1) is 0 Å². The Bertz CT molecular complexity index is 1590. The SMILES string of the molecule is COc1ccc(NC(=O)c2cc3ccccc3c(N=Nc3sc4c(c3C(=O)C3CO3)CCCC4)c2O)cc1. The highest BCUT2D eigenvalue weighted by atomic mass is 32.1. The van der Waals surface area contributed by atoms with Crippen LogP contribution in [0.2, 0.25) is 0 Å². The molecule has 4 aromatic rings. The number of carbonyl (C=O) groups is 2. The molecule has 9 heteroatoms. The van der Waals surface area contributed by atoms with Gasteiger partial charge in [0.15, 0.2) is 11.5 Å². The number of fused-ring (bicyclic) bond motifs is 2. The number of rotatable bonds is 7. The van der Waals surface area contributed by atoms with Crippen LogP contribution in [0.15, 0.2) is 64.8 Å². The summed E-state index contributed by atoms with van der Waals surface area (Å²) < 4.78 is 10.4. The average Bonchev–Trinajstić information content (AvgIpc) is 3.73. The lowest BCUT2D eigenvalue weighted by Crippen LogP contribution is -2.12. The van der Waals surface area contributed by atoms with Gasteiger partial charge in [0.2, 0.25) is 0 Å². The summed E-state index contributed by atoms with van der Waals surface area (Å²) in [7, 11) is 1.57. The maximum atomic E-state index is 13.2. The van der Waals surface area contributed by atoms with Gasteiger partial charge in [0.05, 0.1) is 24.8 Å². The fourth-order valence-electron chi connectivity index (χ4n) is 4.80. The highest BCUT2D eigenvalue weighted by Crippen LogP contribution is 2.44. The number of phenolic OH excluding ortho intramolecular Hbond substituents is 1. The molecule has 2 N–H and O–H groups in total. The van der Waals surface area contributed by atoms with Crippen molar-refractivity contribution in [1.82, 2.24) is 0 Å². The van der Waals surface area contributed by atoms with E-state index in [9.17, 15) is 14.7 Å². The Balaban J connectivity index is 1.40. The average molecular weight is 528 g/mol. The summed E-state index contributed by atoms with van der Waals surface area (Å²) in [5, 5.41) is 24.9. The molecule has 3 aromatic carbocycles. The van der Waals surface area contributed by atoms with E-state index < -0.39 is 12.0 Å². The number of amides is 1. The third-order valence-corrected chi connectivity index (χ3v) is 8.03. The lowest BCUT2D eigenvalue weighted by molar-refractivity contribution is 0.0953. The van der Waals surface area contributed by atoms with Gasteiger partial charge < -0.3 is 19.9 Å². The van der Waals surface area contributed by atoms with Gasteiger partial charge in [0.1, 0.15) is 22.5 Å². The number of epoxide rings is 1. The number of phenols is 1. The number of azo groups is 1. The second kappa shape index (κ2) is 10.00. The first kappa shape index (κ1) is 24.3. The monoisotopic (exact) mass is 527 g/mol. The fraction of sp³-hybridized carbons (Fsp3) is 0.241. The molecule has 1 atom stereocenters. The van der Waals surface area contributed by atoms with Gasteiger partial charge in [-0.15, -0.1) is 21.6 Å². The zero-order chi connectivity index (χ0) is 26.2. The van der Waals surface area contributed by atoms with E-state index in [4.69, 9.17) is 9.47 Å². The molecular formula is C29H25N3O5S. The summed E-state index contributed by atoms with van der Waals surface area (Å²) in [6.07, 6.45) is 3.45. The number of Topliss-reactive ketones (excluding diaryl/α,β-unsaturated/α-hetero) is 1. The Morgan fingerprint density at radius 3 is 2.61 bits per heavy atom. The number of aromatic hydroxyl groups is 1. The number of hydrogen-bond donors (Lipinski definition) is 2. The first-order valence-electron chi connectivity index (χ1n) is 12.5. The molecule has 1 fully saturated rings. The Hall–Kier alpha value is -4.08. The van der Waals surface area contributed by atoms with Crippen LogP contribution < -0.4 is 10.1 Å². The second-order valence-corrected chi connectivity index (χ2v) is 10.4. The standard InChI is InChI=1S/C29H25N3O5S/c1-36-18-12-10-17(11-13-18)30-28(35)21-14-16-6-2-3-7-19(16)25(26(21)33)31-32-29-24(27(34)22-15-37-22)20-8-4-5-9-23(20)38-29/h2-3,6-7,10-14,22,33H,4-5,8-9,15H2,1H3,(H,30,35). The molecule has 1 aliphatic carbocycles. The van der Waals surface area contributed by atoms with E-state index in [1.807, 2.05) is 24.3 Å². The summed E-state index contributed by atoms with van der Waals surface area (Å²) in [4.78, 5) is 27.4. The zero-order valence-corrected chi connectivity index (χ0v) is 21.5. The van der Waals surface area contributed by atoms with Crippen LogP contribution in [0.4, 0.5) is 16.4 Å². The van der Waals surface area contributed by atoms with Crippen molar-refractivity contribution < 1.29 is 24.2 Å². The molecule has 1 saturated heterocycles. The van der Waals surface area contributed by atoms with Crippen LogP contribution >= 0.6 is 11.3 Å². The van der Waals surface area contributed by atoms with Gasteiger partial charge in [-0.3, -0.25) is 9.59 Å². The minimum absolute atomic E-state index is 0.0555. The van der Waals surface area contributed by atoms with Crippen molar-refractivity contribution >= 4 is 50.2 Å². The van der Waals surface area contributed by atoms with Crippen molar-refractivity contribution in [3.05, 3.63) is 76.2 Å². The molecule has 1 aliphatic heterocycles. The summed E-state index contributed by atoms with van der Waals surface area (Å²) >= 11 is 1.47.